The molecule has 0 saturated carbocycles. The molecule has 1 aromatic heterocycles. The predicted molar refractivity (Wildman–Crippen MR) is 106 cm³/mol. The number of fused-ring (bicyclic) bond motifs is 2. The Labute approximate surface area is 162 Å². The average Bonchev–Trinajstić information content (AvgIpc) is 2.86. The van der Waals surface area contributed by atoms with E-state index in [2.05, 4.69) is 10.3 Å². The molecule has 28 heavy (non-hydrogen) atoms. The van der Waals surface area contributed by atoms with Crippen LogP contribution in [0.25, 0.3) is 10.9 Å². The number of Topliss-reactive ketones (excluding diaryl/α,β-unsaturated/α-hetero) is 1. The minimum Gasteiger partial charge on any atom is -0.490 e. The highest BCUT2D eigenvalue weighted by molar-refractivity contribution is 6.45. The van der Waals surface area contributed by atoms with Crippen LogP contribution in [0.3, 0.4) is 0 Å². The fraction of sp³-hybridized carbons (Fsp3) is 0.273. The fourth-order valence-electron chi connectivity index (χ4n) is 3.48. The maximum atomic E-state index is 12.8. The number of nitrogens with one attached hydrogen (secondary N) is 2. The third kappa shape index (κ3) is 3.33. The van der Waals surface area contributed by atoms with Crippen LogP contribution in [-0.4, -0.2) is 29.9 Å². The molecule has 0 radical (unpaired) electrons. The largest absolute Gasteiger partial charge is 0.490 e. The zero-order valence-electron chi connectivity index (χ0n) is 15.9. The van der Waals surface area contributed by atoms with Crippen LogP contribution in [0.5, 0.6) is 11.5 Å². The normalized spacial score (nSPS) is 14.4. The number of carbonyl (C=O) groups excluding carboxylic acids is 2. The molecule has 1 unspecified atom stereocenters. The first-order chi connectivity index (χ1) is 13.5. The van der Waals surface area contributed by atoms with Crippen LogP contribution in [0.2, 0.25) is 0 Å². The van der Waals surface area contributed by atoms with Crippen molar-refractivity contribution in [3.63, 3.8) is 0 Å². The first-order valence-electron chi connectivity index (χ1n) is 9.36. The maximum Gasteiger partial charge on any atom is 0.292 e. The first kappa shape index (κ1) is 18.1. The van der Waals surface area contributed by atoms with Crippen molar-refractivity contribution in [3.8, 4) is 11.5 Å². The molecule has 0 aliphatic carbocycles. The highest BCUT2D eigenvalue weighted by Crippen LogP contribution is 2.32. The van der Waals surface area contributed by atoms with E-state index in [1.165, 1.54) is 0 Å². The van der Waals surface area contributed by atoms with E-state index in [-0.39, 0.29) is 6.04 Å². The average molecular weight is 378 g/mol. The van der Waals surface area contributed by atoms with Crippen LogP contribution in [0.4, 0.5) is 0 Å². The Morgan fingerprint density at radius 1 is 1.07 bits per heavy atom. The molecule has 0 saturated heterocycles. The molecular weight excluding hydrogens is 356 g/mol. The summed E-state index contributed by atoms with van der Waals surface area (Å²) in [5, 5.41) is 3.55. The van der Waals surface area contributed by atoms with Gasteiger partial charge in [0.05, 0.1) is 24.8 Å². The summed E-state index contributed by atoms with van der Waals surface area (Å²) < 4.78 is 11.3. The van der Waals surface area contributed by atoms with Gasteiger partial charge in [-0.25, -0.2) is 0 Å². The summed E-state index contributed by atoms with van der Waals surface area (Å²) in [5.41, 5.74) is 2.79. The molecule has 0 fully saturated rings. The zero-order chi connectivity index (χ0) is 19.7. The van der Waals surface area contributed by atoms with Gasteiger partial charge >= 0.3 is 0 Å². The standard InChI is InChI=1S/C22H22N2O4/c1-13(15-8-9-18-19(12-15)28-11-5-10-27-18)24-22(26)21(25)20-14(2)23-17-7-4-3-6-16(17)20/h3-4,6-9,12-13,23H,5,10-11H2,1-2H3,(H,24,26). The van der Waals surface area contributed by atoms with Crippen LogP contribution in [0.1, 0.15) is 41.0 Å². The highest BCUT2D eigenvalue weighted by Gasteiger charge is 2.24. The molecule has 0 bridgehead atoms. The summed E-state index contributed by atoms with van der Waals surface area (Å²) in [4.78, 5) is 28.6. The van der Waals surface area contributed by atoms with Crippen molar-refractivity contribution in [2.45, 2.75) is 26.3 Å². The van der Waals surface area contributed by atoms with Crippen molar-refractivity contribution in [3.05, 3.63) is 59.3 Å². The predicted octanol–water partition coefficient (Wildman–Crippen LogP) is 3.70. The quantitative estimate of drug-likeness (QED) is 0.536. The molecular formula is C22H22N2O4. The minimum absolute atomic E-state index is 0.348. The zero-order valence-corrected chi connectivity index (χ0v) is 15.9. The Balaban J connectivity index is 1.54. The van der Waals surface area contributed by atoms with E-state index in [9.17, 15) is 9.59 Å². The molecule has 1 aliphatic heterocycles. The van der Waals surface area contributed by atoms with E-state index in [1.807, 2.05) is 49.4 Å². The van der Waals surface area contributed by atoms with Crippen LogP contribution in [0.15, 0.2) is 42.5 Å². The second-order valence-electron chi connectivity index (χ2n) is 6.95. The van der Waals surface area contributed by atoms with Gasteiger partial charge in [-0.05, 0) is 37.6 Å². The van der Waals surface area contributed by atoms with Gasteiger partial charge in [-0.15, -0.1) is 0 Å². The Bertz CT molecular complexity index is 1050. The fourth-order valence-corrected chi connectivity index (χ4v) is 3.48. The first-order valence-corrected chi connectivity index (χ1v) is 9.36. The number of ether oxygens (including phenoxy) is 2. The molecule has 0 spiro atoms. The van der Waals surface area contributed by atoms with Crippen LogP contribution in [0, 0.1) is 6.92 Å². The molecule has 3 aromatic rings. The number of rotatable bonds is 4. The second-order valence-corrected chi connectivity index (χ2v) is 6.95. The Kier molecular flexibility index (Phi) is 4.77. The Morgan fingerprint density at radius 2 is 1.82 bits per heavy atom. The molecule has 1 aliphatic rings. The van der Waals surface area contributed by atoms with Gasteiger partial charge in [0.15, 0.2) is 11.5 Å². The van der Waals surface area contributed by atoms with Crippen molar-refractivity contribution in [2.24, 2.45) is 0 Å². The van der Waals surface area contributed by atoms with Gasteiger partial charge in [-0.2, -0.15) is 0 Å². The van der Waals surface area contributed by atoms with Crippen molar-refractivity contribution in [1.82, 2.24) is 10.3 Å². The molecule has 2 heterocycles. The maximum absolute atomic E-state index is 12.8. The van der Waals surface area contributed by atoms with Gasteiger partial charge in [0.25, 0.3) is 11.7 Å². The molecule has 1 atom stereocenters. The number of H-pyrrole nitrogens is 1. The summed E-state index contributed by atoms with van der Waals surface area (Å²) in [6.07, 6.45) is 0.828. The molecule has 2 N–H and O–H groups in total. The lowest BCUT2D eigenvalue weighted by Gasteiger charge is -2.16. The summed E-state index contributed by atoms with van der Waals surface area (Å²) >= 11 is 0. The van der Waals surface area contributed by atoms with E-state index in [0.29, 0.717) is 36.0 Å². The van der Waals surface area contributed by atoms with Crippen LogP contribution >= 0.6 is 0 Å². The SMILES string of the molecule is Cc1[nH]c2ccccc2c1C(=O)C(=O)NC(C)c1ccc2c(c1)OCCCO2. The summed E-state index contributed by atoms with van der Waals surface area (Å²) in [6.45, 7) is 4.85. The van der Waals surface area contributed by atoms with E-state index >= 15 is 0 Å². The van der Waals surface area contributed by atoms with Gasteiger partial charge < -0.3 is 19.8 Å². The Morgan fingerprint density at radius 3 is 2.64 bits per heavy atom. The smallest absolute Gasteiger partial charge is 0.292 e. The number of hydrogen-bond donors (Lipinski definition) is 2. The van der Waals surface area contributed by atoms with Crippen LogP contribution in [-0.2, 0) is 4.79 Å². The van der Waals surface area contributed by atoms with Crippen LogP contribution < -0.4 is 14.8 Å². The number of benzene rings is 2. The van der Waals surface area contributed by atoms with Crippen molar-refractivity contribution >= 4 is 22.6 Å². The molecule has 4 rings (SSSR count). The topological polar surface area (TPSA) is 80.4 Å². The van der Waals surface area contributed by atoms with Gasteiger partial charge in [0.2, 0.25) is 0 Å². The number of amides is 1. The lowest BCUT2D eigenvalue weighted by atomic mass is 10.0. The minimum atomic E-state index is -0.632. The van der Waals surface area contributed by atoms with E-state index in [4.69, 9.17) is 9.47 Å². The summed E-state index contributed by atoms with van der Waals surface area (Å²) in [7, 11) is 0. The van der Waals surface area contributed by atoms with Crippen molar-refractivity contribution in [2.75, 3.05) is 13.2 Å². The summed E-state index contributed by atoms with van der Waals surface area (Å²) in [6, 6.07) is 12.7. The third-order valence-electron chi connectivity index (χ3n) is 4.95. The van der Waals surface area contributed by atoms with Gasteiger partial charge in [-0.3, -0.25) is 9.59 Å². The number of ketones is 1. The van der Waals surface area contributed by atoms with E-state index in [1.54, 1.807) is 6.92 Å². The monoisotopic (exact) mass is 378 g/mol. The number of aromatic amines is 1. The lowest BCUT2D eigenvalue weighted by Crippen LogP contribution is -2.33. The third-order valence-corrected chi connectivity index (χ3v) is 4.95. The number of para-hydroxylation sites is 1. The van der Waals surface area contributed by atoms with Crippen molar-refractivity contribution < 1.29 is 19.1 Å². The number of hydrogen-bond acceptors (Lipinski definition) is 4. The number of carbonyl (C=O) groups is 2. The molecule has 2 aromatic carbocycles. The summed E-state index contributed by atoms with van der Waals surface area (Å²) in [5.74, 6) is 0.184. The number of aromatic nitrogens is 1. The number of aryl methyl sites for hydroxylation is 1. The van der Waals surface area contributed by atoms with Gasteiger partial charge in [0.1, 0.15) is 0 Å². The lowest BCUT2D eigenvalue weighted by molar-refractivity contribution is -0.117. The van der Waals surface area contributed by atoms with E-state index in [0.717, 1.165) is 22.9 Å². The highest BCUT2D eigenvalue weighted by atomic mass is 16.5. The van der Waals surface area contributed by atoms with Gasteiger partial charge in [-0.1, -0.05) is 24.3 Å². The molecule has 1 amide bonds. The molecule has 6 nitrogen and oxygen atoms in total. The van der Waals surface area contributed by atoms with Crippen molar-refractivity contribution in [1.29, 1.82) is 0 Å². The second kappa shape index (κ2) is 7.38. The molecule has 144 valence electrons. The van der Waals surface area contributed by atoms with E-state index < -0.39 is 11.7 Å². The molecule has 6 heteroatoms. The van der Waals surface area contributed by atoms with Gasteiger partial charge in [0, 0.05) is 23.0 Å². The Hall–Kier alpha value is -3.28.